The quantitative estimate of drug-likeness (QED) is 0.523. The van der Waals surface area contributed by atoms with Gasteiger partial charge in [-0.05, 0) is 70.4 Å². The van der Waals surface area contributed by atoms with Crippen molar-refractivity contribution in [2.75, 3.05) is 6.54 Å². The minimum absolute atomic E-state index is 0.212. The third-order valence-electron chi connectivity index (χ3n) is 3.33. The smallest absolute Gasteiger partial charge is 0.0681 e. The van der Waals surface area contributed by atoms with Crippen LogP contribution in [-0.4, -0.2) is 6.54 Å². The van der Waals surface area contributed by atoms with E-state index in [1.54, 1.807) is 0 Å². The van der Waals surface area contributed by atoms with Gasteiger partial charge in [0, 0.05) is 17.8 Å². The molecule has 0 fully saturated rings. The Balaban J connectivity index is 2.44. The van der Waals surface area contributed by atoms with Gasteiger partial charge in [-0.15, -0.1) is 11.3 Å². The van der Waals surface area contributed by atoms with Gasteiger partial charge in [0.15, 0.2) is 0 Å². The first-order valence-electron chi connectivity index (χ1n) is 7.11. The minimum Gasteiger partial charge on any atom is -0.306 e. The average molecular weight is 478 g/mol. The number of hydrogen-bond acceptors (Lipinski definition) is 2. The summed E-state index contributed by atoms with van der Waals surface area (Å²) in [7, 11) is 0. The number of hydrogen-bond donors (Lipinski definition) is 1. The fourth-order valence-electron chi connectivity index (χ4n) is 2.21. The number of benzene rings is 1. The van der Waals surface area contributed by atoms with Gasteiger partial charge in [-0.2, -0.15) is 0 Å². The molecule has 1 aromatic carbocycles. The summed E-state index contributed by atoms with van der Waals surface area (Å²) in [5, 5.41) is 3.63. The van der Waals surface area contributed by atoms with Crippen LogP contribution in [0, 0.1) is 3.57 Å². The number of thiophene rings is 1. The number of rotatable bonds is 4. The minimum atomic E-state index is 0.212. The molecule has 0 aliphatic carbocycles. The van der Waals surface area contributed by atoms with Crippen LogP contribution >= 0.6 is 49.9 Å². The Kier molecular flexibility index (Phi) is 5.91. The molecule has 0 amide bonds. The van der Waals surface area contributed by atoms with Crippen LogP contribution in [0.1, 0.15) is 49.1 Å². The molecule has 0 bridgehead atoms. The van der Waals surface area contributed by atoms with Crippen molar-refractivity contribution >= 4 is 49.9 Å². The maximum atomic E-state index is 3.63. The second-order valence-electron chi connectivity index (χ2n) is 6.11. The fourth-order valence-corrected chi connectivity index (χ4v) is 4.40. The first-order chi connectivity index (χ1) is 9.82. The topological polar surface area (TPSA) is 12.0 Å². The zero-order valence-electron chi connectivity index (χ0n) is 12.8. The van der Waals surface area contributed by atoms with Crippen molar-refractivity contribution in [1.29, 1.82) is 0 Å². The Labute approximate surface area is 153 Å². The highest BCUT2D eigenvalue weighted by Crippen LogP contribution is 2.36. The maximum Gasteiger partial charge on any atom is 0.0681 e. The molecule has 1 unspecified atom stereocenters. The number of nitrogens with one attached hydrogen (secondary N) is 1. The monoisotopic (exact) mass is 477 g/mol. The van der Waals surface area contributed by atoms with Gasteiger partial charge in [-0.25, -0.2) is 0 Å². The van der Waals surface area contributed by atoms with Crippen molar-refractivity contribution in [3.05, 3.63) is 53.7 Å². The van der Waals surface area contributed by atoms with Crippen LogP contribution in [-0.2, 0) is 5.41 Å². The van der Waals surface area contributed by atoms with Crippen molar-refractivity contribution in [3.8, 4) is 0 Å². The molecule has 0 saturated carbocycles. The second kappa shape index (κ2) is 7.11. The molecule has 21 heavy (non-hydrogen) atoms. The predicted octanol–water partition coefficient (Wildman–Crippen LogP) is 6.11. The summed E-state index contributed by atoms with van der Waals surface area (Å²) in [5.41, 5.74) is 1.55. The summed E-state index contributed by atoms with van der Waals surface area (Å²) < 4.78 is 2.43. The van der Waals surface area contributed by atoms with E-state index >= 15 is 0 Å². The van der Waals surface area contributed by atoms with Gasteiger partial charge in [0.1, 0.15) is 0 Å². The van der Waals surface area contributed by atoms with Crippen molar-refractivity contribution in [1.82, 2.24) is 5.32 Å². The molecule has 1 N–H and O–H groups in total. The zero-order valence-corrected chi connectivity index (χ0v) is 17.4. The van der Waals surface area contributed by atoms with Gasteiger partial charge in [0.2, 0.25) is 0 Å². The highest BCUT2D eigenvalue weighted by Gasteiger charge is 2.22. The van der Waals surface area contributed by atoms with E-state index in [1.807, 2.05) is 11.3 Å². The van der Waals surface area contributed by atoms with Gasteiger partial charge in [-0.3, -0.25) is 0 Å². The first kappa shape index (κ1) is 17.4. The summed E-state index contributed by atoms with van der Waals surface area (Å²) >= 11 is 7.94. The zero-order chi connectivity index (χ0) is 15.6. The molecule has 0 aliphatic rings. The maximum absolute atomic E-state index is 3.63. The van der Waals surface area contributed by atoms with Crippen LogP contribution < -0.4 is 5.32 Å². The van der Waals surface area contributed by atoms with E-state index in [0.29, 0.717) is 0 Å². The van der Waals surface area contributed by atoms with E-state index < -0.39 is 0 Å². The molecule has 4 heteroatoms. The molecule has 1 aromatic heterocycles. The van der Waals surface area contributed by atoms with E-state index in [1.165, 1.54) is 18.9 Å². The molecule has 1 atom stereocenters. The second-order valence-corrected chi connectivity index (χ2v) is 9.30. The molecule has 2 rings (SSSR count). The van der Waals surface area contributed by atoms with Crippen LogP contribution in [0.3, 0.4) is 0 Å². The Morgan fingerprint density at radius 1 is 1.24 bits per heavy atom. The molecule has 0 aliphatic heterocycles. The third-order valence-corrected chi connectivity index (χ3v) is 6.38. The highest BCUT2D eigenvalue weighted by atomic mass is 127. The normalized spacial score (nSPS) is 13.4. The fraction of sp³-hybridized carbons (Fsp3) is 0.412. The molecule has 0 spiro atoms. The van der Waals surface area contributed by atoms with Crippen LogP contribution in [0.15, 0.2) is 34.8 Å². The molecule has 2 aromatic rings. The van der Waals surface area contributed by atoms with Gasteiger partial charge in [0.25, 0.3) is 0 Å². The van der Waals surface area contributed by atoms with Crippen LogP contribution in [0.25, 0.3) is 0 Å². The Morgan fingerprint density at radius 2 is 1.95 bits per heavy atom. The molecule has 0 saturated heterocycles. The van der Waals surface area contributed by atoms with Crippen LogP contribution in [0.5, 0.6) is 0 Å². The summed E-state index contributed by atoms with van der Waals surface area (Å²) in [4.78, 5) is 2.82. The van der Waals surface area contributed by atoms with Crippen molar-refractivity contribution < 1.29 is 0 Å². The first-order valence-corrected chi connectivity index (χ1v) is 9.80. The largest absolute Gasteiger partial charge is 0.306 e. The molecule has 1 heterocycles. The Morgan fingerprint density at radius 3 is 2.52 bits per heavy atom. The Bertz CT molecular complexity index is 615. The van der Waals surface area contributed by atoms with E-state index in [2.05, 4.69) is 102 Å². The van der Waals surface area contributed by atoms with E-state index in [-0.39, 0.29) is 11.5 Å². The van der Waals surface area contributed by atoms with Crippen molar-refractivity contribution in [2.24, 2.45) is 0 Å². The molecular weight excluding hydrogens is 457 g/mol. The summed E-state index contributed by atoms with van der Waals surface area (Å²) in [6, 6.07) is 11.3. The van der Waals surface area contributed by atoms with Gasteiger partial charge < -0.3 is 5.32 Å². The molecular formula is C17H21BrINS. The summed E-state index contributed by atoms with van der Waals surface area (Å²) in [6.07, 6.45) is 0. The van der Waals surface area contributed by atoms with E-state index in [9.17, 15) is 0 Å². The van der Waals surface area contributed by atoms with Crippen molar-refractivity contribution in [3.63, 3.8) is 0 Å². The summed E-state index contributed by atoms with van der Waals surface area (Å²) in [5.74, 6) is 0. The van der Waals surface area contributed by atoms with Crippen molar-refractivity contribution in [2.45, 2.75) is 39.2 Å². The van der Waals surface area contributed by atoms with Gasteiger partial charge in [-0.1, -0.05) is 43.6 Å². The van der Waals surface area contributed by atoms with E-state index in [0.717, 1.165) is 11.0 Å². The molecule has 0 radical (unpaired) electrons. The standard InChI is InChI=1S/C17H21BrINS/c1-5-20-16(12-10-11(18)6-7-13(12)19)14-8-9-15(21-14)17(2,3)4/h6-10,16,20H,5H2,1-4H3. The molecule has 1 nitrogen and oxygen atoms in total. The van der Waals surface area contributed by atoms with E-state index in [4.69, 9.17) is 0 Å². The highest BCUT2D eigenvalue weighted by molar-refractivity contribution is 14.1. The lowest BCUT2D eigenvalue weighted by Crippen LogP contribution is -2.22. The lowest BCUT2D eigenvalue weighted by atomic mass is 9.95. The SMILES string of the molecule is CCNC(c1ccc(C(C)(C)C)s1)c1cc(Br)ccc1I. The lowest BCUT2D eigenvalue weighted by Gasteiger charge is -2.20. The Hall–Kier alpha value is 0.0900. The van der Waals surface area contributed by atoms with Gasteiger partial charge >= 0.3 is 0 Å². The van der Waals surface area contributed by atoms with Gasteiger partial charge in [0.05, 0.1) is 6.04 Å². The third kappa shape index (κ3) is 4.30. The molecule has 114 valence electrons. The number of halogens is 2. The predicted molar refractivity (Wildman–Crippen MR) is 105 cm³/mol. The summed E-state index contributed by atoms with van der Waals surface area (Å²) in [6.45, 7) is 9.93. The van der Waals surface area contributed by atoms with Crippen LogP contribution in [0.4, 0.5) is 0 Å². The lowest BCUT2D eigenvalue weighted by molar-refractivity contribution is 0.604. The van der Waals surface area contributed by atoms with Crippen LogP contribution in [0.2, 0.25) is 0 Å². The average Bonchev–Trinajstić information content (AvgIpc) is 2.88.